The van der Waals surface area contributed by atoms with Crippen molar-refractivity contribution in [1.29, 1.82) is 0 Å². The largest absolute Gasteiger partial charge is 0.462 e. The van der Waals surface area contributed by atoms with Crippen molar-refractivity contribution in [1.82, 2.24) is 0 Å². The van der Waals surface area contributed by atoms with E-state index >= 15 is 0 Å². The molecule has 2 saturated carbocycles. The van der Waals surface area contributed by atoms with Crippen molar-refractivity contribution in [3.05, 3.63) is 22.8 Å². The van der Waals surface area contributed by atoms with E-state index in [-0.39, 0.29) is 22.9 Å². The lowest BCUT2D eigenvalue weighted by Crippen LogP contribution is -2.55. The zero-order valence-corrected chi connectivity index (χ0v) is 25.9. The second-order valence-electron chi connectivity index (χ2n) is 15.1. The molecule has 4 rings (SSSR count). The van der Waals surface area contributed by atoms with Gasteiger partial charge in [-0.05, 0) is 118 Å². The van der Waals surface area contributed by atoms with Gasteiger partial charge < -0.3 is 4.74 Å². The number of ether oxygens (including phenoxy) is 1. The third-order valence-electron chi connectivity index (χ3n) is 12.6. The third-order valence-corrected chi connectivity index (χ3v) is 12.6. The smallest absolute Gasteiger partial charge is 0.306 e. The number of carbonyl (C=O) groups is 1. The van der Waals surface area contributed by atoms with Gasteiger partial charge in [0, 0.05) is 11.8 Å². The molecule has 0 amide bonds. The zero-order valence-electron chi connectivity index (χ0n) is 25.9. The highest BCUT2D eigenvalue weighted by Gasteiger charge is 2.63. The summed E-state index contributed by atoms with van der Waals surface area (Å²) in [6, 6.07) is 0. The van der Waals surface area contributed by atoms with Gasteiger partial charge in [0.2, 0.25) is 0 Å². The van der Waals surface area contributed by atoms with E-state index < -0.39 is 0 Å². The Morgan fingerprint density at radius 2 is 1.73 bits per heavy atom. The predicted octanol–water partition coefficient (Wildman–Crippen LogP) is 10.2. The molecule has 0 spiro atoms. The molecule has 0 bridgehead atoms. The van der Waals surface area contributed by atoms with Crippen LogP contribution in [0.25, 0.3) is 0 Å². The number of allylic oxidation sites excluding steroid dienone is 4. The molecule has 2 fully saturated rings. The van der Waals surface area contributed by atoms with Crippen LogP contribution in [0.2, 0.25) is 0 Å². The van der Waals surface area contributed by atoms with Gasteiger partial charge in [0.25, 0.3) is 0 Å². The van der Waals surface area contributed by atoms with Gasteiger partial charge in [-0.2, -0.15) is 0 Å². The first-order valence-electron chi connectivity index (χ1n) is 15.9. The summed E-state index contributed by atoms with van der Waals surface area (Å²) in [6.07, 6.45) is 17.8. The molecule has 0 heterocycles. The SMILES string of the molecule is CCCCC(=O)OC1CC[C@]2(C)C3=C(CCC2C1(C)C)[C@]1(C)CC[C@H]([C@H](C)CCC=C(C)C)[C@@]1(C)CC3. The number of unbranched alkanes of at least 4 members (excludes halogenated alkanes) is 1. The molecular weight excluding hydrogens is 452 g/mol. The molecule has 0 radical (unpaired) electrons. The van der Waals surface area contributed by atoms with Crippen molar-refractivity contribution >= 4 is 5.97 Å². The first-order chi connectivity index (χ1) is 17.3. The fraction of sp³-hybridized carbons (Fsp3) is 0.857. The second kappa shape index (κ2) is 10.5. The summed E-state index contributed by atoms with van der Waals surface area (Å²) in [4.78, 5) is 12.6. The molecule has 0 saturated heterocycles. The summed E-state index contributed by atoms with van der Waals surface area (Å²) in [7, 11) is 0. The Hall–Kier alpha value is -1.05. The van der Waals surface area contributed by atoms with Gasteiger partial charge in [-0.25, -0.2) is 0 Å². The summed E-state index contributed by atoms with van der Waals surface area (Å²) in [5, 5.41) is 0. The maximum Gasteiger partial charge on any atom is 0.306 e. The molecular formula is C35H58O2. The van der Waals surface area contributed by atoms with Crippen molar-refractivity contribution in [3.63, 3.8) is 0 Å². The molecule has 4 aliphatic carbocycles. The lowest BCUT2D eigenvalue weighted by molar-refractivity contribution is -0.169. The maximum atomic E-state index is 12.6. The molecule has 37 heavy (non-hydrogen) atoms. The number of rotatable bonds is 8. The summed E-state index contributed by atoms with van der Waals surface area (Å²) < 4.78 is 6.17. The second-order valence-corrected chi connectivity index (χ2v) is 15.1. The molecule has 0 aromatic rings. The molecule has 0 aromatic carbocycles. The van der Waals surface area contributed by atoms with Crippen LogP contribution in [0.1, 0.15) is 146 Å². The third kappa shape index (κ3) is 4.80. The van der Waals surface area contributed by atoms with Gasteiger partial charge in [-0.1, -0.05) is 77.7 Å². The maximum absolute atomic E-state index is 12.6. The van der Waals surface area contributed by atoms with E-state index in [9.17, 15) is 4.79 Å². The fourth-order valence-corrected chi connectivity index (χ4v) is 10.2. The number of hydrogen-bond acceptors (Lipinski definition) is 2. The average Bonchev–Trinajstić information content (AvgIpc) is 3.10. The van der Waals surface area contributed by atoms with Gasteiger partial charge in [0.1, 0.15) is 6.10 Å². The summed E-state index contributed by atoms with van der Waals surface area (Å²) >= 11 is 0. The highest BCUT2D eigenvalue weighted by molar-refractivity contribution is 5.69. The molecule has 4 aliphatic rings. The number of carbonyl (C=O) groups excluding carboxylic acids is 1. The highest BCUT2D eigenvalue weighted by atomic mass is 16.5. The van der Waals surface area contributed by atoms with E-state index in [1.165, 1.54) is 63.4 Å². The first kappa shape index (κ1) is 28.9. The van der Waals surface area contributed by atoms with E-state index in [2.05, 4.69) is 68.4 Å². The Labute approximate surface area is 229 Å². The molecule has 0 N–H and O–H groups in total. The Balaban J connectivity index is 1.57. The summed E-state index contributed by atoms with van der Waals surface area (Å²) in [6.45, 7) is 21.9. The quantitative estimate of drug-likeness (QED) is 0.240. The Kier molecular flexibility index (Phi) is 8.21. The van der Waals surface area contributed by atoms with Gasteiger partial charge in [0.15, 0.2) is 0 Å². The van der Waals surface area contributed by atoms with E-state index in [1.54, 1.807) is 0 Å². The minimum absolute atomic E-state index is 0.0240. The highest BCUT2D eigenvalue weighted by Crippen LogP contribution is 2.72. The predicted molar refractivity (Wildman–Crippen MR) is 156 cm³/mol. The minimum atomic E-state index is 0.0240. The van der Waals surface area contributed by atoms with E-state index in [4.69, 9.17) is 4.74 Å². The molecule has 2 unspecified atom stereocenters. The van der Waals surface area contributed by atoms with Crippen LogP contribution < -0.4 is 0 Å². The molecule has 2 nitrogen and oxygen atoms in total. The van der Waals surface area contributed by atoms with Crippen molar-refractivity contribution in [2.45, 2.75) is 152 Å². The van der Waals surface area contributed by atoms with Crippen LogP contribution in [0.4, 0.5) is 0 Å². The normalized spacial score (nSPS) is 39.3. The van der Waals surface area contributed by atoms with E-state index in [0.717, 1.165) is 31.1 Å². The van der Waals surface area contributed by atoms with Crippen LogP contribution in [-0.2, 0) is 9.53 Å². The van der Waals surface area contributed by atoms with Crippen LogP contribution in [0.5, 0.6) is 0 Å². The lowest BCUT2D eigenvalue weighted by atomic mass is 9.43. The van der Waals surface area contributed by atoms with Crippen molar-refractivity contribution in [2.75, 3.05) is 0 Å². The molecule has 0 aliphatic heterocycles. The monoisotopic (exact) mass is 510 g/mol. The Morgan fingerprint density at radius 1 is 1.00 bits per heavy atom. The van der Waals surface area contributed by atoms with Crippen LogP contribution in [0.15, 0.2) is 22.8 Å². The van der Waals surface area contributed by atoms with Crippen molar-refractivity contribution in [3.8, 4) is 0 Å². The average molecular weight is 511 g/mol. The first-order valence-corrected chi connectivity index (χ1v) is 15.9. The van der Waals surface area contributed by atoms with E-state index in [0.29, 0.717) is 23.2 Å². The Morgan fingerprint density at radius 3 is 2.41 bits per heavy atom. The molecule has 0 aromatic heterocycles. The number of fused-ring (bicyclic) bond motifs is 4. The van der Waals surface area contributed by atoms with Crippen molar-refractivity contribution < 1.29 is 9.53 Å². The van der Waals surface area contributed by atoms with Crippen LogP contribution >= 0.6 is 0 Å². The molecule has 7 atom stereocenters. The number of hydrogen-bond donors (Lipinski definition) is 0. The standard InChI is InChI=1S/C35H58O2/c1-10-11-15-31(36)37-30-20-21-33(7)27-19-23-34(8)26(25(4)14-12-13-24(2)3)18-22-35(34,9)28(27)16-17-29(33)32(30,5)6/h13,25-26,29-30H,10-12,14-23H2,1-9H3/t25-,26-,29?,30?,33-,34-,35+/m1/s1. The summed E-state index contributed by atoms with van der Waals surface area (Å²) in [5.74, 6) is 2.27. The van der Waals surface area contributed by atoms with Crippen LogP contribution in [0, 0.1) is 39.4 Å². The van der Waals surface area contributed by atoms with E-state index in [1.807, 2.05) is 11.1 Å². The fourth-order valence-electron chi connectivity index (χ4n) is 10.2. The zero-order chi connectivity index (χ0) is 27.2. The molecule has 2 heteroatoms. The van der Waals surface area contributed by atoms with Crippen LogP contribution in [0.3, 0.4) is 0 Å². The number of esters is 1. The van der Waals surface area contributed by atoms with Gasteiger partial charge in [0.05, 0.1) is 0 Å². The van der Waals surface area contributed by atoms with Gasteiger partial charge in [-0.15, -0.1) is 0 Å². The lowest BCUT2D eigenvalue weighted by Gasteiger charge is -2.62. The van der Waals surface area contributed by atoms with Crippen LogP contribution in [-0.4, -0.2) is 12.1 Å². The van der Waals surface area contributed by atoms with Crippen molar-refractivity contribution in [2.24, 2.45) is 39.4 Å². The minimum Gasteiger partial charge on any atom is -0.462 e. The van der Waals surface area contributed by atoms with Gasteiger partial charge >= 0.3 is 5.97 Å². The van der Waals surface area contributed by atoms with Gasteiger partial charge in [-0.3, -0.25) is 4.79 Å². The topological polar surface area (TPSA) is 26.3 Å². The Bertz CT molecular complexity index is 920. The summed E-state index contributed by atoms with van der Waals surface area (Å²) in [5.41, 5.74) is 6.26. The molecule has 210 valence electrons.